The summed E-state index contributed by atoms with van der Waals surface area (Å²) >= 11 is 1.85. The first kappa shape index (κ1) is 34.5. The Hall–Kier alpha value is -3.37. The van der Waals surface area contributed by atoms with Crippen molar-refractivity contribution in [3.63, 3.8) is 0 Å². The molecule has 0 saturated heterocycles. The van der Waals surface area contributed by atoms with Crippen LogP contribution in [0.1, 0.15) is 72.4 Å². The molecule has 2 heterocycles. The quantitative estimate of drug-likeness (QED) is 0.0840. The molecule has 0 saturated carbocycles. The largest absolute Gasteiger partial charge is 0.512 e. The Morgan fingerprint density at radius 1 is 0.867 bits per heavy atom. The number of allylic oxidation sites excluding steroid dienone is 2. The Kier molecular flexibility index (Phi) is 10.1. The molecule has 0 amide bonds. The number of rotatable bonds is 3. The Balaban J connectivity index is 0.000000283. The molecule has 6 rings (SSSR count). The fraction of sp³-hybridized carbons (Fsp3) is 0.300. The fourth-order valence-electron chi connectivity index (χ4n) is 5.29. The Morgan fingerprint density at radius 2 is 1.53 bits per heavy atom. The molecule has 1 N–H and O–H groups in total. The molecular formula is C40H42IrNO2S-. The van der Waals surface area contributed by atoms with Gasteiger partial charge in [0.25, 0.3) is 0 Å². The molecule has 4 aromatic carbocycles. The standard InChI is InChI=1S/C29H22NS.C11H20O2.Ir/c1-17(2)25-16-21(15-20-12-11-19-8-4-5-9-22(19)26(20)25)27-29-24(13-14-30-27)23-10-6-7-18(3)28(23)31-29;1-10(2,3)8(12)7-9(13)11(4,5)6;/h4-14,16-17H,1-3H3;7,12H,1-6H3;/q-1;;/b;8-7-;. The molecule has 1 radical (unpaired) electrons. The van der Waals surface area contributed by atoms with Gasteiger partial charge in [0.05, 0.1) is 0 Å². The van der Waals surface area contributed by atoms with E-state index in [1.165, 1.54) is 53.5 Å². The van der Waals surface area contributed by atoms with E-state index in [1.807, 2.05) is 59.1 Å². The van der Waals surface area contributed by atoms with Crippen LogP contribution < -0.4 is 0 Å². The molecule has 5 heteroatoms. The number of carbonyl (C=O) groups is 1. The van der Waals surface area contributed by atoms with Crippen LogP contribution in [0, 0.1) is 23.8 Å². The molecule has 0 atom stereocenters. The van der Waals surface area contributed by atoms with Crippen molar-refractivity contribution in [2.24, 2.45) is 10.8 Å². The van der Waals surface area contributed by atoms with E-state index in [0.29, 0.717) is 5.92 Å². The third-order valence-electron chi connectivity index (χ3n) is 8.05. The summed E-state index contributed by atoms with van der Waals surface area (Å²) in [6.07, 6.45) is 3.28. The van der Waals surface area contributed by atoms with Gasteiger partial charge in [-0.1, -0.05) is 115 Å². The van der Waals surface area contributed by atoms with Crippen molar-refractivity contribution < 1.29 is 30.0 Å². The van der Waals surface area contributed by atoms with Gasteiger partial charge in [-0.05, 0) is 40.6 Å². The van der Waals surface area contributed by atoms with Gasteiger partial charge in [-0.2, -0.15) is 0 Å². The summed E-state index contributed by atoms with van der Waals surface area (Å²) < 4.78 is 2.60. The van der Waals surface area contributed by atoms with Crippen molar-refractivity contribution in [3.05, 3.63) is 102 Å². The molecule has 3 nitrogen and oxygen atoms in total. The van der Waals surface area contributed by atoms with Gasteiger partial charge >= 0.3 is 0 Å². The van der Waals surface area contributed by atoms with Gasteiger partial charge in [0, 0.05) is 63.7 Å². The third-order valence-corrected chi connectivity index (χ3v) is 9.41. The number of thiophene rings is 1. The zero-order valence-electron chi connectivity index (χ0n) is 27.6. The van der Waals surface area contributed by atoms with E-state index in [0.717, 1.165) is 16.6 Å². The summed E-state index contributed by atoms with van der Waals surface area (Å²) in [7, 11) is 0. The number of nitrogens with zero attached hydrogens (tertiary/aromatic N) is 1. The Morgan fingerprint density at radius 3 is 2.20 bits per heavy atom. The minimum absolute atomic E-state index is 0. The number of aliphatic hydroxyl groups is 1. The molecule has 45 heavy (non-hydrogen) atoms. The molecule has 0 aliphatic rings. The van der Waals surface area contributed by atoms with Gasteiger partial charge in [-0.3, -0.25) is 9.78 Å². The zero-order chi connectivity index (χ0) is 32.0. The smallest absolute Gasteiger partial charge is 0.164 e. The van der Waals surface area contributed by atoms with E-state index in [9.17, 15) is 9.90 Å². The maximum Gasteiger partial charge on any atom is 0.164 e. The van der Waals surface area contributed by atoms with Gasteiger partial charge in [0.2, 0.25) is 0 Å². The average molecular weight is 793 g/mol. The second-order valence-electron chi connectivity index (χ2n) is 14.0. The first-order chi connectivity index (χ1) is 20.7. The van der Waals surface area contributed by atoms with Crippen molar-refractivity contribution >= 4 is 58.8 Å². The number of fused-ring (bicyclic) bond motifs is 6. The van der Waals surface area contributed by atoms with Crippen LogP contribution >= 0.6 is 11.3 Å². The van der Waals surface area contributed by atoms with Crippen LogP contribution in [0.4, 0.5) is 0 Å². The summed E-state index contributed by atoms with van der Waals surface area (Å²) in [5.74, 6) is 0.512. The Bertz CT molecular complexity index is 2060. The van der Waals surface area contributed by atoms with Crippen LogP contribution in [-0.2, 0) is 24.9 Å². The van der Waals surface area contributed by atoms with Crippen molar-refractivity contribution in [2.45, 2.75) is 68.2 Å². The summed E-state index contributed by atoms with van der Waals surface area (Å²) in [4.78, 5) is 16.3. The Labute approximate surface area is 284 Å². The number of pyridine rings is 1. The molecule has 0 bridgehead atoms. The number of hydrogen-bond donors (Lipinski definition) is 1. The number of benzene rings is 4. The number of aliphatic hydroxyl groups excluding tert-OH is 1. The third kappa shape index (κ3) is 7.07. The van der Waals surface area contributed by atoms with Crippen LogP contribution in [0.5, 0.6) is 0 Å². The van der Waals surface area contributed by atoms with Crippen molar-refractivity contribution in [1.82, 2.24) is 4.98 Å². The number of hydrogen-bond acceptors (Lipinski definition) is 4. The van der Waals surface area contributed by atoms with Gasteiger partial charge in [-0.15, -0.1) is 40.5 Å². The van der Waals surface area contributed by atoms with Crippen LogP contribution in [0.3, 0.4) is 0 Å². The average Bonchev–Trinajstić information content (AvgIpc) is 3.36. The number of carbonyl (C=O) groups excluding carboxylic acids is 1. The fourth-order valence-corrected chi connectivity index (χ4v) is 6.56. The minimum Gasteiger partial charge on any atom is -0.512 e. The first-order valence-electron chi connectivity index (χ1n) is 15.3. The number of aryl methyl sites for hydroxylation is 1. The number of ketones is 1. The van der Waals surface area contributed by atoms with Crippen molar-refractivity contribution in [3.8, 4) is 11.3 Å². The zero-order valence-corrected chi connectivity index (χ0v) is 30.8. The van der Waals surface area contributed by atoms with Crippen LogP contribution in [0.25, 0.3) is 53.0 Å². The molecule has 0 spiro atoms. The summed E-state index contributed by atoms with van der Waals surface area (Å²) in [6, 6.07) is 27.8. The second kappa shape index (κ2) is 13.2. The number of aromatic nitrogens is 1. The van der Waals surface area contributed by atoms with Gasteiger partial charge < -0.3 is 5.11 Å². The predicted octanol–water partition coefficient (Wildman–Crippen LogP) is 11.7. The molecule has 2 aromatic heterocycles. The maximum absolute atomic E-state index is 11.5. The van der Waals surface area contributed by atoms with E-state index in [1.54, 1.807) is 0 Å². The van der Waals surface area contributed by atoms with E-state index < -0.39 is 5.41 Å². The van der Waals surface area contributed by atoms with Crippen LogP contribution in [0.15, 0.2) is 84.8 Å². The van der Waals surface area contributed by atoms with E-state index >= 15 is 0 Å². The van der Waals surface area contributed by atoms with Gasteiger partial charge in [-0.25, -0.2) is 0 Å². The van der Waals surface area contributed by atoms with E-state index in [2.05, 4.69) is 93.6 Å². The first-order valence-corrected chi connectivity index (χ1v) is 16.1. The molecule has 0 fully saturated rings. The molecule has 0 aliphatic heterocycles. The van der Waals surface area contributed by atoms with Crippen LogP contribution in [0.2, 0.25) is 0 Å². The van der Waals surface area contributed by atoms with E-state index in [4.69, 9.17) is 4.98 Å². The summed E-state index contributed by atoms with van der Waals surface area (Å²) in [5.41, 5.74) is 4.04. The minimum atomic E-state index is -0.417. The second-order valence-corrected chi connectivity index (χ2v) is 15.0. The SMILES string of the molecule is CC(C)(C)C(=O)/C=C(\O)C(C)(C)C.Cc1cccc2c1sc1c(-c3[c-]c4ccc5ccccc5c4c(C(C)C)c3)nccc12.[Ir]. The monoisotopic (exact) mass is 793 g/mol. The van der Waals surface area contributed by atoms with Gasteiger partial charge in [0.15, 0.2) is 5.78 Å². The maximum atomic E-state index is 11.5. The topological polar surface area (TPSA) is 50.2 Å². The molecule has 0 unspecified atom stereocenters. The molecule has 6 aromatic rings. The predicted molar refractivity (Wildman–Crippen MR) is 190 cm³/mol. The normalized spacial score (nSPS) is 12.4. The molecule has 0 aliphatic carbocycles. The van der Waals surface area contributed by atoms with E-state index in [-0.39, 0.29) is 37.1 Å². The molecule has 235 valence electrons. The van der Waals surface area contributed by atoms with Crippen molar-refractivity contribution in [1.29, 1.82) is 0 Å². The van der Waals surface area contributed by atoms with Crippen molar-refractivity contribution in [2.75, 3.05) is 0 Å². The summed E-state index contributed by atoms with van der Waals surface area (Å²) in [5, 5.41) is 17.2. The summed E-state index contributed by atoms with van der Waals surface area (Å²) in [6.45, 7) is 17.9. The van der Waals surface area contributed by atoms with Gasteiger partial charge in [0.1, 0.15) is 5.76 Å². The molecular weight excluding hydrogens is 751 g/mol. The van der Waals surface area contributed by atoms with Crippen LogP contribution in [-0.4, -0.2) is 15.9 Å².